The fourth-order valence-corrected chi connectivity index (χ4v) is 1.38. The standard InChI is InChI=1S/C13H11NO4/c1-8-2-4-10(6-11(8)15)14-13(17)9-3-5-12(16)18-7-9/h2-7,15H,1H3,(H,14,17). The number of phenols is 1. The Morgan fingerprint density at radius 2 is 2.06 bits per heavy atom. The third-order valence-corrected chi connectivity index (χ3v) is 2.43. The molecule has 5 nitrogen and oxygen atoms in total. The van der Waals surface area contributed by atoms with Crippen molar-refractivity contribution >= 4 is 11.6 Å². The lowest BCUT2D eigenvalue weighted by Crippen LogP contribution is -2.12. The van der Waals surface area contributed by atoms with E-state index < -0.39 is 11.5 Å². The molecule has 92 valence electrons. The van der Waals surface area contributed by atoms with Crippen LogP contribution in [0, 0.1) is 6.92 Å². The van der Waals surface area contributed by atoms with Gasteiger partial charge in [-0.15, -0.1) is 0 Å². The first-order valence-electron chi connectivity index (χ1n) is 5.26. The number of hydrogen-bond donors (Lipinski definition) is 2. The van der Waals surface area contributed by atoms with E-state index in [1.54, 1.807) is 19.1 Å². The number of nitrogens with one attached hydrogen (secondary N) is 1. The quantitative estimate of drug-likeness (QED) is 0.846. The number of aromatic hydroxyl groups is 1. The maximum absolute atomic E-state index is 11.8. The average molecular weight is 245 g/mol. The minimum Gasteiger partial charge on any atom is -0.508 e. The van der Waals surface area contributed by atoms with Gasteiger partial charge in [-0.3, -0.25) is 4.79 Å². The van der Waals surface area contributed by atoms with E-state index in [9.17, 15) is 14.7 Å². The summed E-state index contributed by atoms with van der Waals surface area (Å²) in [4.78, 5) is 22.5. The Kier molecular flexibility index (Phi) is 3.14. The normalized spacial score (nSPS) is 10.1. The van der Waals surface area contributed by atoms with E-state index >= 15 is 0 Å². The molecule has 0 aliphatic carbocycles. The highest BCUT2D eigenvalue weighted by molar-refractivity contribution is 6.04. The molecule has 0 bridgehead atoms. The van der Waals surface area contributed by atoms with Gasteiger partial charge in [0.1, 0.15) is 12.0 Å². The van der Waals surface area contributed by atoms with Crippen LogP contribution in [0.1, 0.15) is 15.9 Å². The topological polar surface area (TPSA) is 79.5 Å². The van der Waals surface area contributed by atoms with Crippen LogP contribution in [-0.4, -0.2) is 11.0 Å². The van der Waals surface area contributed by atoms with Crippen molar-refractivity contribution in [1.29, 1.82) is 0 Å². The zero-order valence-corrected chi connectivity index (χ0v) is 9.64. The number of phenolic OH excluding ortho intramolecular Hbond substituents is 1. The van der Waals surface area contributed by atoms with Crippen LogP contribution < -0.4 is 10.9 Å². The van der Waals surface area contributed by atoms with E-state index in [2.05, 4.69) is 9.73 Å². The molecule has 2 rings (SSSR count). The van der Waals surface area contributed by atoms with Gasteiger partial charge in [0.05, 0.1) is 5.56 Å². The molecule has 0 radical (unpaired) electrons. The smallest absolute Gasteiger partial charge is 0.335 e. The Morgan fingerprint density at radius 3 is 2.67 bits per heavy atom. The molecule has 1 amide bonds. The van der Waals surface area contributed by atoms with Crippen LogP contribution in [0.25, 0.3) is 0 Å². The fourth-order valence-electron chi connectivity index (χ4n) is 1.38. The van der Waals surface area contributed by atoms with Gasteiger partial charge in [0.15, 0.2) is 0 Å². The number of anilines is 1. The lowest BCUT2D eigenvalue weighted by atomic mass is 10.2. The van der Waals surface area contributed by atoms with Crippen LogP contribution in [-0.2, 0) is 0 Å². The summed E-state index contributed by atoms with van der Waals surface area (Å²) in [5, 5.41) is 12.1. The van der Waals surface area contributed by atoms with Crippen molar-refractivity contribution in [2.75, 3.05) is 5.32 Å². The Labute approximate surface area is 103 Å². The highest BCUT2D eigenvalue weighted by Crippen LogP contribution is 2.21. The summed E-state index contributed by atoms with van der Waals surface area (Å²) >= 11 is 0. The van der Waals surface area contributed by atoms with Gasteiger partial charge in [-0.05, 0) is 24.6 Å². The van der Waals surface area contributed by atoms with Crippen molar-refractivity contribution in [2.45, 2.75) is 6.92 Å². The maximum Gasteiger partial charge on any atom is 0.335 e. The minimum absolute atomic E-state index is 0.104. The Balaban J connectivity index is 2.18. The highest BCUT2D eigenvalue weighted by atomic mass is 16.4. The molecule has 1 aromatic heterocycles. The van der Waals surface area contributed by atoms with Gasteiger partial charge in [-0.25, -0.2) is 4.79 Å². The van der Waals surface area contributed by atoms with Gasteiger partial charge in [0, 0.05) is 17.8 Å². The van der Waals surface area contributed by atoms with Crippen LogP contribution in [0.3, 0.4) is 0 Å². The molecule has 0 aliphatic rings. The summed E-state index contributed by atoms with van der Waals surface area (Å²) in [6.45, 7) is 1.76. The highest BCUT2D eigenvalue weighted by Gasteiger charge is 2.07. The predicted octanol–water partition coefficient (Wildman–Crippen LogP) is 1.91. The van der Waals surface area contributed by atoms with Gasteiger partial charge in [0.2, 0.25) is 0 Å². The molecule has 5 heteroatoms. The first kappa shape index (κ1) is 11.9. The number of benzene rings is 1. The lowest BCUT2D eigenvalue weighted by molar-refractivity contribution is 0.102. The molecule has 0 atom stereocenters. The van der Waals surface area contributed by atoms with Crippen molar-refractivity contribution in [3.63, 3.8) is 0 Å². The molecule has 0 unspecified atom stereocenters. The van der Waals surface area contributed by atoms with E-state index in [1.165, 1.54) is 18.2 Å². The Morgan fingerprint density at radius 1 is 1.28 bits per heavy atom. The van der Waals surface area contributed by atoms with Gasteiger partial charge in [0.25, 0.3) is 5.91 Å². The molecule has 0 fully saturated rings. The van der Waals surface area contributed by atoms with Crippen LogP contribution in [0.4, 0.5) is 5.69 Å². The van der Waals surface area contributed by atoms with E-state index in [0.717, 1.165) is 11.8 Å². The van der Waals surface area contributed by atoms with Gasteiger partial charge >= 0.3 is 5.63 Å². The zero-order chi connectivity index (χ0) is 13.1. The van der Waals surface area contributed by atoms with Crippen molar-refractivity contribution in [3.8, 4) is 5.75 Å². The molecular weight excluding hydrogens is 234 g/mol. The molecule has 1 heterocycles. The Hall–Kier alpha value is -2.56. The van der Waals surface area contributed by atoms with Crippen LogP contribution in [0.2, 0.25) is 0 Å². The summed E-state index contributed by atoms with van der Waals surface area (Å²) in [6.07, 6.45) is 1.09. The fraction of sp³-hybridized carbons (Fsp3) is 0.0769. The maximum atomic E-state index is 11.8. The molecule has 0 saturated heterocycles. The van der Waals surface area contributed by atoms with E-state index in [0.29, 0.717) is 5.69 Å². The largest absolute Gasteiger partial charge is 0.508 e. The van der Waals surface area contributed by atoms with Crippen LogP contribution in [0.5, 0.6) is 5.75 Å². The summed E-state index contributed by atoms with van der Waals surface area (Å²) in [7, 11) is 0. The van der Waals surface area contributed by atoms with Crippen molar-refractivity contribution in [2.24, 2.45) is 0 Å². The zero-order valence-electron chi connectivity index (χ0n) is 9.64. The number of carbonyl (C=O) groups excluding carboxylic acids is 1. The third-order valence-electron chi connectivity index (χ3n) is 2.43. The molecule has 0 aliphatic heterocycles. The van der Waals surface area contributed by atoms with Crippen molar-refractivity contribution < 1.29 is 14.3 Å². The van der Waals surface area contributed by atoms with Crippen LogP contribution >= 0.6 is 0 Å². The molecule has 0 saturated carbocycles. The summed E-state index contributed by atoms with van der Waals surface area (Å²) in [6, 6.07) is 7.35. The summed E-state index contributed by atoms with van der Waals surface area (Å²) < 4.78 is 4.59. The predicted molar refractivity (Wildman–Crippen MR) is 65.8 cm³/mol. The van der Waals surface area contributed by atoms with E-state index in [-0.39, 0.29) is 11.3 Å². The second-order valence-electron chi connectivity index (χ2n) is 3.80. The van der Waals surface area contributed by atoms with Gasteiger partial charge < -0.3 is 14.8 Å². The number of amides is 1. The molecule has 18 heavy (non-hydrogen) atoms. The van der Waals surface area contributed by atoms with Gasteiger partial charge in [-0.2, -0.15) is 0 Å². The van der Waals surface area contributed by atoms with Crippen LogP contribution in [0.15, 0.2) is 45.8 Å². The SMILES string of the molecule is Cc1ccc(NC(=O)c2ccc(=O)oc2)cc1O. The minimum atomic E-state index is -0.514. The van der Waals surface area contributed by atoms with E-state index in [4.69, 9.17) is 0 Å². The summed E-state index contributed by atoms with van der Waals surface area (Å²) in [5.74, 6) is -0.311. The van der Waals surface area contributed by atoms with Crippen molar-refractivity contribution in [3.05, 3.63) is 58.1 Å². The lowest BCUT2D eigenvalue weighted by Gasteiger charge is -2.06. The second kappa shape index (κ2) is 4.75. The Bertz CT molecular complexity index is 625. The third kappa shape index (κ3) is 2.57. The first-order valence-corrected chi connectivity index (χ1v) is 5.26. The molecule has 2 aromatic rings. The second-order valence-corrected chi connectivity index (χ2v) is 3.80. The van der Waals surface area contributed by atoms with Gasteiger partial charge in [-0.1, -0.05) is 6.07 Å². The number of carbonyl (C=O) groups is 1. The summed E-state index contributed by atoms with van der Waals surface area (Å²) in [5.41, 5.74) is 0.905. The number of hydrogen-bond acceptors (Lipinski definition) is 4. The molecule has 2 N–H and O–H groups in total. The monoisotopic (exact) mass is 245 g/mol. The molecular formula is C13H11NO4. The molecule has 0 spiro atoms. The van der Waals surface area contributed by atoms with Crippen molar-refractivity contribution in [1.82, 2.24) is 0 Å². The first-order chi connectivity index (χ1) is 8.56. The number of aryl methyl sites for hydroxylation is 1. The average Bonchev–Trinajstić information content (AvgIpc) is 2.34. The number of rotatable bonds is 2. The van der Waals surface area contributed by atoms with E-state index in [1.807, 2.05) is 0 Å². The molecule has 1 aromatic carbocycles.